The highest BCUT2D eigenvalue weighted by Crippen LogP contribution is 2.21. The lowest BCUT2D eigenvalue weighted by atomic mass is 10.2. The maximum Gasteiger partial charge on any atom is 0.171 e. The van der Waals surface area contributed by atoms with E-state index in [2.05, 4.69) is 15.1 Å². The zero-order valence-electron chi connectivity index (χ0n) is 8.89. The number of halogens is 1. The highest BCUT2D eigenvalue weighted by atomic mass is 35.5. The van der Waals surface area contributed by atoms with Crippen LogP contribution in [0.5, 0.6) is 0 Å². The minimum absolute atomic E-state index is 0.173. The molecule has 6 heteroatoms. The van der Waals surface area contributed by atoms with Gasteiger partial charge < -0.3 is 9.64 Å². The van der Waals surface area contributed by atoms with E-state index in [1.165, 1.54) is 0 Å². The van der Waals surface area contributed by atoms with Crippen LogP contribution in [-0.4, -0.2) is 42.3 Å². The van der Waals surface area contributed by atoms with E-state index in [1.54, 1.807) is 6.07 Å². The van der Waals surface area contributed by atoms with E-state index in [1.807, 2.05) is 6.92 Å². The molecule has 2 rings (SSSR count). The average Bonchev–Trinajstić information content (AvgIpc) is 2.29. The van der Waals surface area contributed by atoms with Gasteiger partial charge in [-0.25, -0.2) is 0 Å². The van der Waals surface area contributed by atoms with Gasteiger partial charge in [-0.15, -0.1) is 10.2 Å². The van der Waals surface area contributed by atoms with Gasteiger partial charge in [-0.05, 0) is 6.92 Å². The number of anilines is 1. The van der Waals surface area contributed by atoms with E-state index in [0.717, 1.165) is 6.54 Å². The van der Waals surface area contributed by atoms with Gasteiger partial charge >= 0.3 is 0 Å². The number of rotatable bonds is 2. The van der Waals surface area contributed by atoms with Crippen LogP contribution in [0.15, 0.2) is 6.07 Å². The van der Waals surface area contributed by atoms with Crippen LogP contribution in [0.3, 0.4) is 0 Å². The zero-order chi connectivity index (χ0) is 11.5. The van der Waals surface area contributed by atoms with Crippen molar-refractivity contribution in [2.75, 3.05) is 24.7 Å². The molecule has 0 amide bonds. The summed E-state index contributed by atoms with van der Waals surface area (Å²) < 4.78 is 5.33. The summed E-state index contributed by atoms with van der Waals surface area (Å²) in [5.74, 6) is 0.686. The van der Waals surface area contributed by atoms with Crippen molar-refractivity contribution in [1.82, 2.24) is 10.2 Å². The van der Waals surface area contributed by atoms with E-state index in [-0.39, 0.29) is 11.7 Å². The third kappa shape index (κ3) is 2.15. The van der Waals surface area contributed by atoms with Crippen molar-refractivity contribution in [3.8, 4) is 0 Å². The van der Waals surface area contributed by atoms with Crippen LogP contribution in [0.1, 0.15) is 17.4 Å². The van der Waals surface area contributed by atoms with Gasteiger partial charge in [0.25, 0.3) is 0 Å². The number of hydrogen-bond donors (Lipinski definition) is 0. The van der Waals surface area contributed by atoms with Crippen LogP contribution in [0.25, 0.3) is 0 Å². The van der Waals surface area contributed by atoms with Crippen molar-refractivity contribution in [2.24, 2.45) is 0 Å². The normalized spacial score (nSPS) is 20.9. The number of morpholine rings is 1. The van der Waals surface area contributed by atoms with Gasteiger partial charge in [0.05, 0.1) is 24.3 Å². The minimum Gasteiger partial charge on any atom is -0.377 e. The largest absolute Gasteiger partial charge is 0.377 e. The third-order valence-electron chi connectivity index (χ3n) is 2.53. The van der Waals surface area contributed by atoms with Gasteiger partial charge in [-0.3, -0.25) is 4.79 Å². The lowest BCUT2D eigenvalue weighted by Crippen LogP contribution is -2.44. The molecule has 2 heterocycles. The molecule has 0 aliphatic carbocycles. The Morgan fingerprint density at radius 3 is 3.06 bits per heavy atom. The fraction of sp³-hybridized carbons (Fsp3) is 0.500. The fourth-order valence-corrected chi connectivity index (χ4v) is 1.84. The zero-order valence-corrected chi connectivity index (χ0v) is 9.65. The molecule has 86 valence electrons. The van der Waals surface area contributed by atoms with Gasteiger partial charge in [0, 0.05) is 12.6 Å². The van der Waals surface area contributed by atoms with E-state index >= 15 is 0 Å². The molecule has 1 aromatic heterocycles. The number of nitrogens with zero attached hydrogens (tertiary/aromatic N) is 3. The number of carbonyl (C=O) groups is 1. The molecule has 0 spiro atoms. The number of aromatic nitrogens is 2. The Morgan fingerprint density at radius 1 is 1.62 bits per heavy atom. The summed E-state index contributed by atoms with van der Waals surface area (Å²) in [5, 5.41) is 8.10. The summed E-state index contributed by atoms with van der Waals surface area (Å²) in [5.41, 5.74) is 0.173. The Bertz CT molecular complexity index is 400. The van der Waals surface area contributed by atoms with Gasteiger partial charge in [0.2, 0.25) is 0 Å². The Labute approximate surface area is 98.4 Å². The van der Waals surface area contributed by atoms with E-state index < -0.39 is 0 Å². The molecule has 1 unspecified atom stereocenters. The van der Waals surface area contributed by atoms with Crippen molar-refractivity contribution in [3.05, 3.63) is 16.8 Å². The average molecular weight is 242 g/mol. The van der Waals surface area contributed by atoms with Crippen molar-refractivity contribution >= 4 is 23.7 Å². The maximum atomic E-state index is 10.6. The van der Waals surface area contributed by atoms with Crippen LogP contribution >= 0.6 is 11.6 Å². The van der Waals surface area contributed by atoms with Crippen molar-refractivity contribution in [3.63, 3.8) is 0 Å². The first kappa shape index (κ1) is 11.3. The molecule has 0 bridgehead atoms. The SMILES string of the molecule is CC1COCCN1c1cc(Cl)c(C=O)nn1. The second-order valence-corrected chi connectivity index (χ2v) is 4.08. The minimum atomic E-state index is 0.173. The van der Waals surface area contributed by atoms with E-state index in [0.29, 0.717) is 30.3 Å². The molecule has 0 radical (unpaired) electrons. The molecule has 1 saturated heterocycles. The van der Waals surface area contributed by atoms with Gasteiger partial charge in [0.15, 0.2) is 12.1 Å². The second kappa shape index (κ2) is 4.76. The van der Waals surface area contributed by atoms with E-state index in [4.69, 9.17) is 16.3 Å². The molecule has 16 heavy (non-hydrogen) atoms. The molecular formula is C10H12ClN3O2. The quantitative estimate of drug-likeness (QED) is 0.728. The Balaban J connectivity index is 2.26. The molecular weight excluding hydrogens is 230 g/mol. The predicted molar refractivity (Wildman–Crippen MR) is 60.1 cm³/mol. The summed E-state index contributed by atoms with van der Waals surface area (Å²) >= 11 is 5.90. The molecule has 1 fully saturated rings. The Hall–Kier alpha value is -1.20. The maximum absolute atomic E-state index is 10.6. The molecule has 0 N–H and O–H groups in total. The molecule has 0 aromatic carbocycles. The predicted octanol–water partition coefficient (Wildman–Crippen LogP) is 1.17. The summed E-state index contributed by atoms with van der Waals surface area (Å²) in [7, 11) is 0. The number of carbonyl (C=O) groups excluding carboxylic acids is 1. The number of hydrogen-bond acceptors (Lipinski definition) is 5. The van der Waals surface area contributed by atoms with Crippen LogP contribution in [0, 0.1) is 0 Å². The van der Waals surface area contributed by atoms with Crippen LogP contribution < -0.4 is 4.90 Å². The smallest absolute Gasteiger partial charge is 0.171 e. The van der Waals surface area contributed by atoms with Crippen molar-refractivity contribution in [2.45, 2.75) is 13.0 Å². The van der Waals surface area contributed by atoms with Crippen molar-refractivity contribution < 1.29 is 9.53 Å². The molecule has 1 aliphatic rings. The summed E-state index contributed by atoms with van der Waals surface area (Å²) in [6.45, 7) is 4.13. The molecule has 5 nitrogen and oxygen atoms in total. The lowest BCUT2D eigenvalue weighted by Gasteiger charge is -2.33. The third-order valence-corrected chi connectivity index (χ3v) is 2.84. The first-order chi connectivity index (χ1) is 7.72. The molecule has 0 saturated carbocycles. The standard InChI is InChI=1S/C10H12ClN3O2/c1-7-6-16-3-2-14(7)10-4-8(11)9(5-15)12-13-10/h4-5,7H,2-3,6H2,1H3. The first-order valence-corrected chi connectivity index (χ1v) is 5.43. The highest BCUT2D eigenvalue weighted by molar-refractivity contribution is 6.32. The monoisotopic (exact) mass is 241 g/mol. The van der Waals surface area contributed by atoms with Crippen LogP contribution in [-0.2, 0) is 4.74 Å². The molecule has 1 aromatic rings. The number of ether oxygens (including phenoxy) is 1. The highest BCUT2D eigenvalue weighted by Gasteiger charge is 2.21. The number of aldehydes is 1. The summed E-state index contributed by atoms with van der Waals surface area (Å²) in [6.07, 6.45) is 0.599. The second-order valence-electron chi connectivity index (χ2n) is 3.67. The Kier molecular flexibility index (Phi) is 3.36. The van der Waals surface area contributed by atoms with Crippen LogP contribution in [0.4, 0.5) is 5.82 Å². The summed E-state index contributed by atoms with van der Waals surface area (Å²) in [6, 6.07) is 1.90. The first-order valence-electron chi connectivity index (χ1n) is 5.05. The molecule has 1 atom stereocenters. The van der Waals surface area contributed by atoms with Gasteiger partial charge in [-0.1, -0.05) is 11.6 Å². The Morgan fingerprint density at radius 2 is 2.44 bits per heavy atom. The van der Waals surface area contributed by atoms with Crippen LogP contribution in [0.2, 0.25) is 5.02 Å². The van der Waals surface area contributed by atoms with E-state index in [9.17, 15) is 4.79 Å². The lowest BCUT2D eigenvalue weighted by molar-refractivity contribution is 0.0984. The van der Waals surface area contributed by atoms with Crippen molar-refractivity contribution in [1.29, 1.82) is 0 Å². The summed E-state index contributed by atoms with van der Waals surface area (Å²) in [4.78, 5) is 12.6. The van der Waals surface area contributed by atoms with Gasteiger partial charge in [-0.2, -0.15) is 0 Å². The topological polar surface area (TPSA) is 55.3 Å². The fourth-order valence-electron chi connectivity index (χ4n) is 1.66. The molecule has 1 aliphatic heterocycles. The van der Waals surface area contributed by atoms with Gasteiger partial charge in [0.1, 0.15) is 5.69 Å².